The minimum atomic E-state index is -3.63. The van der Waals surface area contributed by atoms with E-state index in [-0.39, 0.29) is 10.6 Å². The summed E-state index contributed by atoms with van der Waals surface area (Å²) in [5, 5.41) is 16.2. The number of thiophene rings is 1. The fourth-order valence-corrected chi connectivity index (χ4v) is 5.16. The normalized spacial score (nSPS) is 13.8. The van der Waals surface area contributed by atoms with Gasteiger partial charge in [-0.3, -0.25) is 10.1 Å². The van der Waals surface area contributed by atoms with Crippen LogP contribution in [0, 0.1) is 10.1 Å². The van der Waals surface area contributed by atoms with Gasteiger partial charge >= 0.3 is 0 Å². The number of hydrogen-bond acceptors (Lipinski definition) is 7. The Bertz CT molecular complexity index is 1170. The van der Waals surface area contributed by atoms with E-state index in [1.807, 2.05) is 24.3 Å². The van der Waals surface area contributed by atoms with Crippen molar-refractivity contribution in [2.45, 2.75) is 17.9 Å². The van der Waals surface area contributed by atoms with Gasteiger partial charge in [-0.05, 0) is 53.8 Å². The third-order valence-corrected chi connectivity index (χ3v) is 7.05. The Labute approximate surface area is 172 Å². The minimum Gasteiger partial charge on any atom is -0.367 e. The van der Waals surface area contributed by atoms with Gasteiger partial charge in [0.15, 0.2) is 9.84 Å². The van der Waals surface area contributed by atoms with E-state index in [2.05, 4.69) is 21.7 Å². The van der Waals surface area contributed by atoms with Gasteiger partial charge in [0.05, 0.1) is 15.5 Å². The maximum atomic E-state index is 12.1. The Balaban J connectivity index is 1.56. The van der Waals surface area contributed by atoms with E-state index >= 15 is 0 Å². The van der Waals surface area contributed by atoms with E-state index in [4.69, 9.17) is 0 Å². The highest BCUT2D eigenvalue weighted by atomic mass is 32.2. The first kappa shape index (κ1) is 19.4. The molecule has 1 aliphatic heterocycles. The first-order chi connectivity index (χ1) is 13.8. The quantitative estimate of drug-likeness (QED) is 0.478. The Morgan fingerprint density at radius 2 is 1.90 bits per heavy atom. The third-order valence-electron chi connectivity index (χ3n) is 4.89. The molecule has 0 amide bonds. The zero-order valence-corrected chi connectivity index (χ0v) is 17.3. The fraction of sp³-hybridized carbons (Fsp3) is 0.200. The number of non-ortho nitro benzene ring substituents is 1. The molecule has 0 bridgehead atoms. The summed E-state index contributed by atoms with van der Waals surface area (Å²) in [6, 6.07) is 13.7. The topological polar surface area (TPSA) is 92.5 Å². The van der Waals surface area contributed by atoms with Crippen molar-refractivity contribution in [1.82, 2.24) is 0 Å². The summed E-state index contributed by atoms with van der Waals surface area (Å²) in [6.45, 7) is 1.84. The number of nitrogens with zero attached hydrogens (tertiary/aromatic N) is 2. The summed E-state index contributed by atoms with van der Waals surface area (Å²) in [5.41, 5.74) is 3.23. The van der Waals surface area contributed by atoms with Crippen LogP contribution in [0.1, 0.15) is 10.4 Å². The van der Waals surface area contributed by atoms with Crippen molar-refractivity contribution >= 4 is 43.9 Å². The maximum Gasteiger partial charge on any atom is 0.270 e. The second-order valence-electron chi connectivity index (χ2n) is 6.92. The van der Waals surface area contributed by atoms with Crippen molar-refractivity contribution in [2.24, 2.45) is 0 Å². The predicted octanol–water partition coefficient (Wildman–Crippen LogP) is 4.37. The molecular weight excluding hydrogens is 410 g/mol. The number of fused-ring (bicyclic) bond motifs is 1. The smallest absolute Gasteiger partial charge is 0.270 e. The first-order valence-corrected chi connectivity index (χ1v) is 11.7. The summed E-state index contributed by atoms with van der Waals surface area (Å²) in [6.07, 6.45) is 2.07. The molecule has 2 heterocycles. The van der Waals surface area contributed by atoms with Crippen LogP contribution in [0.25, 0.3) is 0 Å². The molecule has 2 aromatic carbocycles. The van der Waals surface area contributed by atoms with Crippen LogP contribution in [0.3, 0.4) is 0 Å². The molecular formula is C20H19N3O4S2. The summed E-state index contributed by atoms with van der Waals surface area (Å²) in [7, 11) is -3.63. The zero-order valence-electron chi connectivity index (χ0n) is 15.7. The van der Waals surface area contributed by atoms with E-state index in [0.717, 1.165) is 37.5 Å². The number of rotatable bonds is 5. The van der Waals surface area contributed by atoms with Crippen molar-refractivity contribution in [1.29, 1.82) is 0 Å². The molecule has 9 heteroatoms. The molecule has 3 aromatic rings. The van der Waals surface area contributed by atoms with Crippen molar-refractivity contribution in [3.63, 3.8) is 0 Å². The monoisotopic (exact) mass is 429 g/mol. The Morgan fingerprint density at radius 3 is 2.59 bits per heavy atom. The standard InChI is InChI=1S/C20H19N3O4S2/c1-29(26,27)20-12-17(23(24)25)6-7-18(20)21-15-2-4-16(5-3-15)22-10-8-19-14(13-22)9-11-28-19/h2-7,9,11-12,21H,8,10,13H2,1H3. The van der Waals surface area contributed by atoms with Crippen molar-refractivity contribution in [3.8, 4) is 0 Å². The van der Waals surface area contributed by atoms with Crippen LogP contribution in [0.2, 0.25) is 0 Å². The SMILES string of the molecule is CS(=O)(=O)c1cc([N+](=O)[O-])ccc1Nc1ccc(N2CCc3sccc3C2)cc1. The van der Waals surface area contributed by atoms with Crippen LogP contribution >= 0.6 is 11.3 Å². The largest absolute Gasteiger partial charge is 0.367 e. The van der Waals surface area contributed by atoms with Crippen LogP contribution in [-0.2, 0) is 22.8 Å². The molecule has 0 fully saturated rings. The molecule has 7 nitrogen and oxygen atoms in total. The summed E-state index contributed by atoms with van der Waals surface area (Å²) >= 11 is 1.80. The summed E-state index contributed by atoms with van der Waals surface area (Å²) in [4.78, 5) is 14.0. The number of nitrogens with one attached hydrogen (secondary N) is 1. The van der Waals surface area contributed by atoms with Gasteiger partial charge in [-0.15, -0.1) is 11.3 Å². The lowest BCUT2D eigenvalue weighted by atomic mass is 10.1. The van der Waals surface area contributed by atoms with Gasteiger partial charge in [0.1, 0.15) is 0 Å². The van der Waals surface area contributed by atoms with Crippen LogP contribution in [0.4, 0.5) is 22.7 Å². The van der Waals surface area contributed by atoms with Gasteiger partial charge in [-0.25, -0.2) is 8.42 Å². The highest BCUT2D eigenvalue weighted by molar-refractivity contribution is 7.90. The molecule has 29 heavy (non-hydrogen) atoms. The molecule has 0 atom stereocenters. The average Bonchev–Trinajstić information content (AvgIpc) is 3.15. The van der Waals surface area contributed by atoms with Gasteiger partial charge in [0, 0.05) is 47.7 Å². The van der Waals surface area contributed by atoms with Crippen molar-refractivity contribution in [2.75, 3.05) is 23.0 Å². The lowest BCUT2D eigenvalue weighted by Crippen LogP contribution is -2.29. The van der Waals surface area contributed by atoms with Gasteiger partial charge in [-0.1, -0.05) is 0 Å². The minimum absolute atomic E-state index is 0.100. The Morgan fingerprint density at radius 1 is 1.14 bits per heavy atom. The number of sulfone groups is 1. The zero-order chi connectivity index (χ0) is 20.6. The van der Waals surface area contributed by atoms with E-state index in [1.54, 1.807) is 11.3 Å². The Kier molecular flexibility index (Phi) is 5.01. The lowest BCUT2D eigenvalue weighted by Gasteiger charge is -2.29. The van der Waals surface area contributed by atoms with Crippen molar-refractivity contribution < 1.29 is 13.3 Å². The molecule has 1 N–H and O–H groups in total. The number of nitro groups is 1. The summed E-state index contributed by atoms with van der Waals surface area (Å²) < 4.78 is 24.2. The van der Waals surface area contributed by atoms with Gasteiger partial charge < -0.3 is 10.2 Å². The Hall–Kier alpha value is -2.91. The second kappa shape index (κ2) is 7.49. The van der Waals surface area contributed by atoms with Crippen LogP contribution in [0.15, 0.2) is 58.8 Å². The second-order valence-corrected chi connectivity index (χ2v) is 9.91. The molecule has 0 unspecified atom stereocenters. The predicted molar refractivity (Wildman–Crippen MR) is 115 cm³/mol. The molecule has 0 radical (unpaired) electrons. The molecule has 4 rings (SSSR count). The highest BCUT2D eigenvalue weighted by Gasteiger charge is 2.20. The van der Waals surface area contributed by atoms with E-state index in [9.17, 15) is 18.5 Å². The van der Waals surface area contributed by atoms with E-state index in [1.165, 1.54) is 22.6 Å². The van der Waals surface area contributed by atoms with E-state index < -0.39 is 14.8 Å². The number of anilines is 3. The third kappa shape index (κ3) is 4.10. The fourth-order valence-electron chi connectivity index (χ4n) is 3.41. The molecule has 0 saturated heterocycles. The molecule has 150 valence electrons. The molecule has 0 aliphatic carbocycles. The number of benzene rings is 2. The maximum absolute atomic E-state index is 12.1. The van der Waals surface area contributed by atoms with Gasteiger partial charge in [0.25, 0.3) is 5.69 Å². The molecule has 0 saturated carbocycles. The number of hydrogen-bond donors (Lipinski definition) is 1. The summed E-state index contributed by atoms with van der Waals surface area (Å²) in [5.74, 6) is 0. The average molecular weight is 430 g/mol. The van der Waals surface area contributed by atoms with E-state index in [0.29, 0.717) is 11.4 Å². The van der Waals surface area contributed by atoms with Gasteiger partial charge in [0.2, 0.25) is 0 Å². The number of nitro benzene ring substituents is 1. The van der Waals surface area contributed by atoms with Crippen molar-refractivity contribution in [3.05, 3.63) is 74.5 Å². The molecule has 0 spiro atoms. The van der Waals surface area contributed by atoms with Crippen LogP contribution in [0.5, 0.6) is 0 Å². The van der Waals surface area contributed by atoms with Crippen LogP contribution < -0.4 is 10.2 Å². The van der Waals surface area contributed by atoms with Gasteiger partial charge in [-0.2, -0.15) is 0 Å². The van der Waals surface area contributed by atoms with Crippen LogP contribution in [-0.4, -0.2) is 26.1 Å². The lowest BCUT2D eigenvalue weighted by molar-refractivity contribution is -0.385. The highest BCUT2D eigenvalue weighted by Crippen LogP contribution is 2.31. The molecule has 1 aromatic heterocycles. The first-order valence-electron chi connectivity index (χ1n) is 8.97. The molecule has 1 aliphatic rings.